The number of amides is 1. The van der Waals surface area contributed by atoms with Gasteiger partial charge in [-0.3, -0.25) is 4.79 Å². The van der Waals surface area contributed by atoms with Gasteiger partial charge >= 0.3 is 0 Å². The van der Waals surface area contributed by atoms with E-state index in [4.69, 9.17) is 5.10 Å². The molecule has 0 spiro atoms. The third-order valence-corrected chi connectivity index (χ3v) is 7.24. The van der Waals surface area contributed by atoms with Gasteiger partial charge in [0.05, 0.1) is 17.3 Å². The Balaban J connectivity index is 1.81. The summed E-state index contributed by atoms with van der Waals surface area (Å²) in [6.07, 6.45) is 3.16. The number of hydrazone groups is 1. The Kier molecular flexibility index (Phi) is 7.69. The number of nitrogens with zero attached hydrogens (tertiary/aromatic N) is 3. The second kappa shape index (κ2) is 10.6. The Morgan fingerprint density at radius 1 is 1.11 bits per heavy atom. The van der Waals surface area contributed by atoms with Gasteiger partial charge < -0.3 is 15.0 Å². The SMILES string of the molecule is Cn1cccc1C1C(c2ccc(F)cc2)=NN(c2ccc(F)cc2F)C1(C)C(=O)NCCCC(C)(C)CO. The van der Waals surface area contributed by atoms with E-state index < -0.39 is 34.8 Å². The lowest BCUT2D eigenvalue weighted by Crippen LogP contribution is -2.57. The predicted octanol–water partition coefficient (Wildman–Crippen LogP) is 5.12. The molecule has 2 heterocycles. The van der Waals surface area contributed by atoms with Crippen LogP contribution in [0.4, 0.5) is 18.9 Å². The second-order valence-corrected chi connectivity index (χ2v) is 10.7. The van der Waals surface area contributed by atoms with Gasteiger partial charge in [-0.15, -0.1) is 0 Å². The van der Waals surface area contributed by atoms with Gasteiger partial charge in [0, 0.05) is 38.2 Å². The molecule has 9 heteroatoms. The standard InChI is InChI=1S/C29H33F3N4O2/c1-28(2,18-37)14-6-15-33-27(38)29(3)25(24-7-5-16-35(24)4)26(19-8-10-20(30)11-9-19)34-36(29)23-13-12-21(31)17-22(23)32/h5,7-13,16-17,25,37H,6,14-15,18H2,1-4H3,(H,33,38). The predicted molar refractivity (Wildman–Crippen MR) is 141 cm³/mol. The highest BCUT2D eigenvalue weighted by molar-refractivity contribution is 6.13. The summed E-state index contributed by atoms with van der Waals surface area (Å²) in [6, 6.07) is 12.6. The Morgan fingerprint density at radius 2 is 1.79 bits per heavy atom. The number of rotatable bonds is 9. The van der Waals surface area contributed by atoms with Crippen molar-refractivity contribution in [1.29, 1.82) is 0 Å². The fraction of sp³-hybridized carbons (Fsp3) is 0.379. The molecule has 2 aromatic carbocycles. The highest BCUT2D eigenvalue weighted by atomic mass is 19.1. The number of carbonyl (C=O) groups is 1. The molecule has 1 aromatic heterocycles. The molecule has 2 atom stereocenters. The van der Waals surface area contributed by atoms with Crippen LogP contribution in [-0.2, 0) is 11.8 Å². The molecule has 0 aliphatic carbocycles. The number of halogens is 3. The summed E-state index contributed by atoms with van der Waals surface area (Å²) in [7, 11) is 1.84. The quantitative estimate of drug-likeness (QED) is 0.380. The summed E-state index contributed by atoms with van der Waals surface area (Å²) >= 11 is 0. The van der Waals surface area contributed by atoms with Crippen LogP contribution in [0.2, 0.25) is 0 Å². The average molecular weight is 527 g/mol. The lowest BCUT2D eigenvalue weighted by atomic mass is 9.77. The zero-order valence-corrected chi connectivity index (χ0v) is 22.0. The third-order valence-electron chi connectivity index (χ3n) is 7.24. The summed E-state index contributed by atoms with van der Waals surface area (Å²) in [6.45, 7) is 5.94. The molecule has 0 saturated carbocycles. The molecule has 1 amide bonds. The van der Waals surface area contributed by atoms with E-state index in [-0.39, 0.29) is 17.7 Å². The lowest BCUT2D eigenvalue weighted by molar-refractivity contribution is -0.126. The minimum Gasteiger partial charge on any atom is -0.396 e. The number of carbonyl (C=O) groups excluding carboxylic acids is 1. The van der Waals surface area contributed by atoms with Crippen molar-refractivity contribution < 1.29 is 23.1 Å². The van der Waals surface area contributed by atoms with Crippen LogP contribution < -0.4 is 10.3 Å². The molecule has 2 unspecified atom stereocenters. The fourth-order valence-corrected chi connectivity index (χ4v) is 4.92. The highest BCUT2D eigenvalue weighted by Gasteiger charge is 2.55. The first-order chi connectivity index (χ1) is 18.0. The normalized spacial score (nSPS) is 19.5. The summed E-state index contributed by atoms with van der Waals surface area (Å²) in [5.74, 6) is -3.09. The van der Waals surface area contributed by atoms with Crippen LogP contribution in [0, 0.1) is 22.9 Å². The number of aryl methyl sites for hydroxylation is 1. The smallest absolute Gasteiger partial charge is 0.248 e. The van der Waals surface area contributed by atoms with Crippen LogP contribution in [0.25, 0.3) is 0 Å². The van der Waals surface area contributed by atoms with Crippen LogP contribution in [0.15, 0.2) is 65.9 Å². The van der Waals surface area contributed by atoms with Crippen LogP contribution >= 0.6 is 0 Å². The van der Waals surface area contributed by atoms with Gasteiger partial charge in [-0.1, -0.05) is 26.0 Å². The third kappa shape index (κ3) is 5.20. The van der Waals surface area contributed by atoms with Crippen molar-refractivity contribution in [2.75, 3.05) is 18.2 Å². The molecule has 0 saturated heterocycles. The molecule has 0 bridgehead atoms. The Morgan fingerprint density at radius 3 is 2.39 bits per heavy atom. The van der Waals surface area contributed by atoms with Gasteiger partial charge in [-0.25, -0.2) is 18.2 Å². The minimum atomic E-state index is -1.46. The van der Waals surface area contributed by atoms with Gasteiger partial charge in [0.15, 0.2) is 11.4 Å². The maximum Gasteiger partial charge on any atom is 0.248 e. The van der Waals surface area contributed by atoms with Gasteiger partial charge in [-0.2, -0.15) is 5.10 Å². The average Bonchev–Trinajstić information content (AvgIpc) is 3.43. The molecule has 6 nitrogen and oxygen atoms in total. The number of nitrogens with one attached hydrogen (secondary N) is 1. The first-order valence-electron chi connectivity index (χ1n) is 12.6. The van der Waals surface area contributed by atoms with E-state index >= 15 is 4.39 Å². The monoisotopic (exact) mass is 526 g/mol. The molecule has 202 valence electrons. The maximum absolute atomic E-state index is 15.2. The van der Waals surface area contributed by atoms with E-state index in [1.54, 1.807) is 19.1 Å². The van der Waals surface area contributed by atoms with Crippen LogP contribution in [0.1, 0.15) is 50.8 Å². The number of hydrogen-bond donors (Lipinski definition) is 2. The number of aromatic nitrogens is 1. The zero-order valence-electron chi connectivity index (χ0n) is 22.0. The van der Waals surface area contributed by atoms with Crippen molar-refractivity contribution >= 4 is 17.3 Å². The van der Waals surface area contributed by atoms with Gasteiger partial charge in [0.1, 0.15) is 11.6 Å². The largest absolute Gasteiger partial charge is 0.396 e. The van der Waals surface area contributed by atoms with E-state index in [0.29, 0.717) is 30.7 Å². The van der Waals surface area contributed by atoms with E-state index in [0.717, 1.165) is 17.8 Å². The summed E-state index contributed by atoms with van der Waals surface area (Å²) in [4.78, 5) is 14.0. The van der Waals surface area contributed by atoms with E-state index in [1.807, 2.05) is 43.8 Å². The van der Waals surface area contributed by atoms with E-state index in [9.17, 15) is 18.7 Å². The number of anilines is 1. The maximum atomic E-state index is 15.2. The number of aliphatic hydroxyl groups is 1. The van der Waals surface area contributed by atoms with Crippen molar-refractivity contribution in [3.05, 3.63) is 89.5 Å². The van der Waals surface area contributed by atoms with Gasteiger partial charge in [-0.05, 0) is 67.1 Å². The van der Waals surface area contributed by atoms with Crippen molar-refractivity contribution in [1.82, 2.24) is 9.88 Å². The van der Waals surface area contributed by atoms with Crippen molar-refractivity contribution in [2.24, 2.45) is 17.6 Å². The van der Waals surface area contributed by atoms with Crippen molar-refractivity contribution in [3.63, 3.8) is 0 Å². The van der Waals surface area contributed by atoms with E-state index in [1.165, 1.54) is 23.2 Å². The summed E-state index contributed by atoms with van der Waals surface area (Å²) in [5.41, 5.74) is -0.0173. The lowest BCUT2D eigenvalue weighted by Gasteiger charge is -2.38. The number of hydrogen-bond acceptors (Lipinski definition) is 4. The van der Waals surface area contributed by atoms with Gasteiger partial charge in [0.25, 0.3) is 0 Å². The Hall–Kier alpha value is -3.59. The first-order valence-corrected chi connectivity index (χ1v) is 12.6. The molecular weight excluding hydrogens is 493 g/mol. The summed E-state index contributed by atoms with van der Waals surface area (Å²) in [5, 5.41) is 18.6. The molecule has 2 N–H and O–H groups in total. The number of benzene rings is 2. The summed E-state index contributed by atoms with van der Waals surface area (Å²) < 4.78 is 44.6. The van der Waals surface area contributed by atoms with Gasteiger partial charge in [0.2, 0.25) is 5.91 Å². The van der Waals surface area contributed by atoms with Crippen LogP contribution in [0.5, 0.6) is 0 Å². The topological polar surface area (TPSA) is 69.9 Å². The first kappa shape index (κ1) is 27.4. The van der Waals surface area contributed by atoms with Crippen molar-refractivity contribution in [3.8, 4) is 0 Å². The molecule has 0 radical (unpaired) electrons. The zero-order chi connectivity index (χ0) is 27.7. The Labute approximate surface area is 220 Å². The van der Waals surface area contributed by atoms with Crippen LogP contribution in [0.3, 0.4) is 0 Å². The van der Waals surface area contributed by atoms with Crippen molar-refractivity contribution in [2.45, 2.75) is 45.1 Å². The molecule has 1 aliphatic rings. The van der Waals surface area contributed by atoms with Crippen LogP contribution in [-0.4, -0.2) is 40.0 Å². The van der Waals surface area contributed by atoms with E-state index in [2.05, 4.69) is 5.32 Å². The number of aliphatic hydroxyl groups excluding tert-OH is 1. The second-order valence-electron chi connectivity index (χ2n) is 10.7. The molecule has 0 fully saturated rings. The molecule has 1 aliphatic heterocycles. The highest BCUT2D eigenvalue weighted by Crippen LogP contribution is 2.45. The Bertz CT molecular complexity index is 1340. The fourth-order valence-electron chi connectivity index (χ4n) is 4.92. The molecule has 38 heavy (non-hydrogen) atoms. The molecular formula is C29H33F3N4O2. The molecule has 3 aromatic rings. The minimum absolute atomic E-state index is 0.0285. The molecule has 4 rings (SSSR count).